The number of halogens is 3. The van der Waals surface area contributed by atoms with Crippen molar-refractivity contribution in [1.29, 1.82) is 0 Å². The van der Waals surface area contributed by atoms with E-state index in [0.717, 1.165) is 10.5 Å². The number of benzene rings is 4. The molecule has 0 spiro atoms. The second-order valence-electron chi connectivity index (χ2n) is 11.8. The Morgan fingerprint density at radius 2 is 1.53 bits per heavy atom. The number of aliphatic hydroxyl groups is 1. The fraction of sp³-hybridized carbons (Fsp3) is 0.243. The van der Waals surface area contributed by atoms with Gasteiger partial charge in [0.1, 0.15) is 5.75 Å². The van der Waals surface area contributed by atoms with E-state index in [1.807, 2.05) is 12.1 Å². The van der Waals surface area contributed by atoms with Crippen LogP contribution in [0.3, 0.4) is 0 Å². The zero-order chi connectivity index (χ0) is 36.1. The van der Waals surface area contributed by atoms with Gasteiger partial charge in [0.25, 0.3) is 17.7 Å². The molecule has 2 atom stereocenters. The summed E-state index contributed by atoms with van der Waals surface area (Å²) in [6.45, 7) is -0.502. The van der Waals surface area contributed by atoms with Crippen LogP contribution in [0.2, 0.25) is 15.1 Å². The SMILES string of the molecule is O=C(COc1cc(Cl)c(Cl)cc1Cl)N[C@@H](c1ccccc1)[C@H](O)CN(CCc1ccc2c(c1)OCO2)C(=O)CCN1C(=O)c2ccccc2C1=O. The summed E-state index contributed by atoms with van der Waals surface area (Å²) in [6.07, 6.45) is -1.08. The quantitative estimate of drug-likeness (QED) is 0.123. The zero-order valence-corrected chi connectivity index (χ0v) is 29.3. The summed E-state index contributed by atoms with van der Waals surface area (Å²) in [5.74, 6) is -0.548. The molecule has 264 valence electrons. The van der Waals surface area contributed by atoms with Gasteiger partial charge >= 0.3 is 0 Å². The predicted octanol–water partition coefficient (Wildman–Crippen LogP) is 5.73. The Morgan fingerprint density at radius 3 is 2.25 bits per heavy atom. The summed E-state index contributed by atoms with van der Waals surface area (Å²) in [7, 11) is 0. The summed E-state index contributed by atoms with van der Waals surface area (Å²) in [4.78, 5) is 55.5. The molecule has 14 heteroatoms. The summed E-state index contributed by atoms with van der Waals surface area (Å²) in [5, 5.41) is 15.1. The van der Waals surface area contributed by atoms with Gasteiger partial charge < -0.3 is 29.5 Å². The van der Waals surface area contributed by atoms with Crippen molar-refractivity contribution in [3.05, 3.63) is 122 Å². The van der Waals surface area contributed by atoms with Gasteiger partial charge in [-0.3, -0.25) is 24.1 Å². The fourth-order valence-electron chi connectivity index (χ4n) is 5.85. The summed E-state index contributed by atoms with van der Waals surface area (Å²) in [6, 6.07) is 22.6. The van der Waals surface area contributed by atoms with Crippen molar-refractivity contribution in [3.8, 4) is 17.2 Å². The van der Waals surface area contributed by atoms with Gasteiger partial charge in [-0.25, -0.2) is 0 Å². The molecule has 51 heavy (non-hydrogen) atoms. The second kappa shape index (κ2) is 16.0. The van der Waals surface area contributed by atoms with Crippen LogP contribution in [0.4, 0.5) is 0 Å². The molecule has 0 aromatic heterocycles. The largest absolute Gasteiger partial charge is 0.482 e. The Hall–Kier alpha value is -4.81. The molecule has 6 rings (SSSR count). The normalized spacial score (nSPS) is 14.2. The lowest BCUT2D eigenvalue weighted by molar-refractivity contribution is -0.133. The van der Waals surface area contributed by atoms with Crippen LogP contribution in [0, 0.1) is 0 Å². The number of nitrogens with zero attached hydrogens (tertiary/aromatic N) is 2. The van der Waals surface area contributed by atoms with Gasteiger partial charge in [0.05, 0.1) is 38.3 Å². The van der Waals surface area contributed by atoms with Crippen LogP contribution >= 0.6 is 34.8 Å². The molecule has 0 fully saturated rings. The Morgan fingerprint density at radius 1 is 0.863 bits per heavy atom. The van der Waals surface area contributed by atoms with E-state index in [-0.39, 0.29) is 64.8 Å². The zero-order valence-electron chi connectivity index (χ0n) is 27.0. The number of carbonyl (C=O) groups excluding carboxylic acids is 4. The van der Waals surface area contributed by atoms with E-state index < -0.39 is 42.4 Å². The minimum absolute atomic E-state index is 0.117. The smallest absolute Gasteiger partial charge is 0.261 e. The van der Waals surface area contributed by atoms with Gasteiger partial charge in [0.15, 0.2) is 18.1 Å². The third-order valence-electron chi connectivity index (χ3n) is 8.49. The molecule has 0 bridgehead atoms. The maximum Gasteiger partial charge on any atom is 0.261 e. The van der Waals surface area contributed by atoms with E-state index in [1.54, 1.807) is 60.7 Å². The molecule has 2 aliphatic rings. The van der Waals surface area contributed by atoms with Gasteiger partial charge in [0.2, 0.25) is 12.7 Å². The monoisotopic (exact) mass is 751 g/mol. The summed E-state index contributed by atoms with van der Waals surface area (Å²) >= 11 is 18.3. The maximum atomic E-state index is 13.8. The third kappa shape index (κ3) is 8.40. The Labute approximate surface area is 308 Å². The Kier molecular flexibility index (Phi) is 11.3. The molecule has 2 N–H and O–H groups in total. The molecule has 2 heterocycles. The molecule has 4 amide bonds. The van der Waals surface area contributed by atoms with Gasteiger partial charge in [-0.2, -0.15) is 0 Å². The topological polar surface area (TPSA) is 135 Å². The molecular formula is C37H32Cl3N3O8. The van der Waals surface area contributed by atoms with Gasteiger partial charge in [-0.05, 0) is 47.9 Å². The first-order valence-corrected chi connectivity index (χ1v) is 17.1. The summed E-state index contributed by atoms with van der Waals surface area (Å²) in [5.41, 5.74) is 2.02. The van der Waals surface area contributed by atoms with Crippen molar-refractivity contribution in [2.75, 3.05) is 33.0 Å². The number of amides is 4. The van der Waals surface area contributed by atoms with Crippen LogP contribution in [0.25, 0.3) is 0 Å². The van der Waals surface area contributed by atoms with Crippen molar-refractivity contribution < 1.29 is 38.5 Å². The molecule has 0 unspecified atom stereocenters. The molecule has 0 saturated heterocycles. The van der Waals surface area contributed by atoms with E-state index in [0.29, 0.717) is 23.5 Å². The van der Waals surface area contributed by atoms with E-state index in [4.69, 9.17) is 49.0 Å². The van der Waals surface area contributed by atoms with Crippen LogP contribution in [-0.2, 0) is 16.0 Å². The van der Waals surface area contributed by atoms with Crippen LogP contribution in [-0.4, -0.2) is 77.7 Å². The van der Waals surface area contributed by atoms with Crippen molar-refractivity contribution in [3.63, 3.8) is 0 Å². The predicted molar refractivity (Wildman–Crippen MR) is 190 cm³/mol. The first kappa shape index (κ1) is 36.0. The number of nitrogens with one attached hydrogen (secondary N) is 1. The van der Waals surface area contributed by atoms with E-state index >= 15 is 0 Å². The van der Waals surface area contributed by atoms with Crippen molar-refractivity contribution >= 4 is 58.4 Å². The van der Waals surface area contributed by atoms with Crippen LogP contribution < -0.4 is 19.5 Å². The molecule has 4 aromatic rings. The van der Waals surface area contributed by atoms with E-state index in [1.165, 1.54) is 17.0 Å². The molecule has 0 aliphatic carbocycles. The molecule has 0 saturated carbocycles. The fourth-order valence-corrected chi connectivity index (χ4v) is 6.44. The average molecular weight is 753 g/mol. The number of rotatable bonds is 14. The average Bonchev–Trinajstić information content (AvgIpc) is 3.70. The molecule has 11 nitrogen and oxygen atoms in total. The number of ether oxygens (including phenoxy) is 3. The highest BCUT2D eigenvalue weighted by Crippen LogP contribution is 2.34. The molecular weight excluding hydrogens is 721 g/mol. The van der Waals surface area contributed by atoms with Crippen LogP contribution in [0.15, 0.2) is 84.9 Å². The lowest BCUT2D eigenvalue weighted by Crippen LogP contribution is -2.46. The van der Waals surface area contributed by atoms with Gasteiger partial charge in [-0.1, -0.05) is 83.3 Å². The van der Waals surface area contributed by atoms with E-state index in [2.05, 4.69) is 5.32 Å². The second-order valence-corrected chi connectivity index (χ2v) is 13.1. The highest BCUT2D eigenvalue weighted by molar-refractivity contribution is 6.43. The third-order valence-corrected chi connectivity index (χ3v) is 9.51. The standard InChI is InChI=1S/C37H32Cl3N3O8/c38-26-17-28(40)31(18-27(26)39)49-20-33(45)41-35(23-6-2-1-3-7-23)29(44)19-42(14-12-22-10-11-30-32(16-22)51-21-50-30)34(46)13-15-43-36(47)24-8-4-5-9-25(24)37(43)48/h1-11,16-18,29,35,44H,12-15,19-21H2,(H,41,45)/t29-,35+/m1/s1. The molecule has 2 aliphatic heterocycles. The molecule has 4 aromatic carbocycles. The van der Waals surface area contributed by atoms with Crippen molar-refractivity contribution in [1.82, 2.24) is 15.1 Å². The Bertz CT molecular complexity index is 1930. The van der Waals surface area contributed by atoms with Crippen molar-refractivity contribution in [2.24, 2.45) is 0 Å². The first-order valence-electron chi connectivity index (χ1n) is 16.0. The molecule has 0 radical (unpaired) electrons. The van der Waals surface area contributed by atoms with E-state index in [9.17, 15) is 24.3 Å². The maximum absolute atomic E-state index is 13.8. The number of carbonyl (C=O) groups is 4. The number of hydrogen-bond acceptors (Lipinski definition) is 8. The minimum Gasteiger partial charge on any atom is -0.482 e. The van der Waals surface area contributed by atoms with Gasteiger partial charge in [0, 0.05) is 32.1 Å². The summed E-state index contributed by atoms with van der Waals surface area (Å²) < 4.78 is 16.5. The number of aliphatic hydroxyl groups excluding tert-OH is 1. The number of fused-ring (bicyclic) bond motifs is 2. The van der Waals surface area contributed by atoms with Gasteiger partial charge in [-0.15, -0.1) is 0 Å². The Balaban J connectivity index is 1.17. The first-order chi connectivity index (χ1) is 24.6. The number of hydrogen-bond donors (Lipinski definition) is 2. The highest BCUT2D eigenvalue weighted by atomic mass is 35.5. The number of imide groups is 1. The highest BCUT2D eigenvalue weighted by Gasteiger charge is 2.36. The van der Waals surface area contributed by atoms with Crippen molar-refractivity contribution in [2.45, 2.75) is 25.0 Å². The minimum atomic E-state index is -1.29. The lowest BCUT2D eigenvalue weighted by Gasteiger charge is -2.31. The van der Waals surface area contributed by atoms with Crippen LogP contribution in [0.5, 0.6) is 17.2 Å². The lowest BCUT2D eigenvalue weighted by atomic mass is 10.00. The van der Waals surface area contributed by atoms with Crippen LogP contribution in [0.1, 0.15) is 44.3 Å².